The van der Waals surface area contributed by atoms with Crippen molar-refractivity contribution in [3.63, 3.8) is 0 Å². The molecule has 0 unspecified atom stereocenters. The van der Waals surface area contributed by atoms with Crippen LogP contribution in [0, 0.1) is 12.7 Å². The molecule has 0 aliphatic carbocycles. The first-order valence-corrected chi connectivity index (χ1v) is 7.36. The lowest BCUT2D eigenvalue weighted by molar-refractivity contribution is 0.102. The first-order chi connectivity index (χ1) is 9.79. The van der Waals surface area contributed by atoms with Gasteiger partial charge in [0.2, 0.25) is 0 Å². The van der Waals surface area contributed by atoms with E-state index in [0.717, 1.165) is 11.6 Å². The van der Waals surface area contributed by atoms with Crippen molar-refractivity contribution in [2.75, 3.05) is 11.1 Å². The van der Waals surface area contributed by atoms with E-state index >= 15 is 0 Å². The molecule has 0 fully saturated rings. The molecule has 0 saturated carbocycles. The highest BCUT2D eigenvalue weighted by atomic mass is 79.9. The molecule has 0 aliphatic heterocycles. The second kappa shape index (κ2) is 6.22. The molecule has 2 aromatic rings. The summed E-state index contributed by atoms with van der Waals surface area (Å²) in [5.41, 5.74) is 6.72. The number of nitrogens with two attached hydrogens (primary N) is 1. The van der Waals surface area contributed by atoms with Crippen molar-refractivity contribution in [3.05, 3.63) is 55.7 Å². The van der Waals surface area contributed by atoms with Gasteiger partial charge in [-0.2, -0.15) is 0 Å². The van der Waals surface area contributed by atoms with E-state index in [1.54, 1.807) is 19.1 Å². The minimum atomic E-state index is -0.602. The summed E-state index contributed by atoms with van der Waals surface area (Å²) in [4.78, 5) is 12.2. The summed E-state index contributed by atoms with van der Waals surface area (Å²) >= 11 is 15.2. The molecule has 0 heterocycles. The van der Waals surface area contributed by atoms with Crippen molar-refractivity contribution in [2.24, 2.45) is 0 Å². The van der Waals surface area contributed by atoms with Crippen molar-refractivity contribution in [3.8, 4) is 0 Å². The Hall–Kier alpha value is -1.30. The number of carbonyl (C=O) groups excluding carboxylic acids is 1. The maximum absolute atomic E-state index is 13.3. The van der Waals surface area contributed by atoms with Gasteiger partial charge in [-0.25, -0.2) is 4.39 Å². The van der Waals surface area contributed by atoms with Gasteiger partial charge in [0, 0.05) is 9.50 Å². The van der Waals surface area contributed by atoms with Gasteiger partial charge < -0.3 is 11.1 Å². The Morgan fingerprint density at radius 3 is 2.57 bits per heavy atom. The molecule has 0 aliphatic rings. The summed E-state index contributed by atoms with van der Waals surface area (Å²) in [5, 5.41) is 3.46. The Bertz CT molecular complexity index is 737. The number of hydrogen-bond acceptors (Lipinski definition) is 2. The van der Waals surface area contributed by atoms with Gasteiger partial charge in [0.05, 0.1) is 22.0 Å². The van der Waals surface area contributed by atoms with Crippen LogP contribution < -0.4 is 11.1 Å². The highest BCUT2D eigenvalue weighted by Gasteiger charge is 2.15. The van der Waals surface area contributed by atoms with E-state index < -0.39 is 11.7 Å². The summed E-state index contributed by atoms with van der Waals surface area (Å²) in [6.07, 6.45) is 0. The van der Waals surface area contributed by atoms with Crippen LogP contribution in [0.25, 0.3) is 0 Å². The summed E-state index contributed by atoms with van der Waals surface area (Å²) in [6, 6.07) is 5.58. The maximum Gasteiger partial charge on any atom is 0.256 e. The van der Waals surface area contributed by atoms with Crippen LogP contribution in [0.4, 0.5) is 15.8 Å². The Morgan fingerprint density at radius 1 is 1.24 bits per heavy atom. The predicted octanol–water partition coefficient (Wildman–Crippen LogP) is 5.04. The standard InChI is InChI=1S/C14H10BrCl2FN2O/c1-6-2-10(17)13(5-9(6)16)20-14(21)7-3-12(19)11(18)4-8(7)15/h2-5H,19H2,1H3,(H,20,21). The van der Waals surface area contributed by atoms with Crippen molar-refractivity contribution in [1.82, 2.24) is 0 Å². The van der Waals surface area contributed by atoms with Crippen LogP contribution in [0.2, 0.25) is 10.0 Å². The first kappa shape index (κ1) is 16.1. The number of halogens is 4. The smallest absolute Gasteiger partial charge is 0.256 e. The zero-order chi connectivity index (χ0) is 15.7. The Labute approximate surface area is 139 Å². The predicted molar refractivity (Wildman–Crippen MR) is 87.7 cm³/mol. The molecule has 0 atom stereocenters. The molecule has 3 nitrogen and oxygen atoms in total. The zero-order valence-corrected chi connectivity index (χ0v) is 13.9. The van der Waals surface area contributed by atoms with Crippen molar-refractivity contribution in [1.29, 1.82) is 0 Å². The van der Waals surface area contributed by atoms with Crippen LogP contribution in [0.5, 0.6) is 0 Å². The lowest BCUT2D eigenvalue weighted by atomic mass is 10.1. The van der Waals surface area contributed by atoms with E-state index in [4.69, 9.17) is 28.9 Å². The third kappa shape index (κ3) is 3.48. The fourth-order valence-electron chi connectivity index (χ4n) is 1.67. The molecular weight excluding hydrogens is 382 g/mol. The molecule has 0 radical (unpaired) electrons. The number of hydrogen-bond donors (Lipinski definition) is 2. The fraction of sp³-hybridized carbons (Fsp3) is 0.0714. The lowest BCUT2D eigenvalue weighted by Gasteiger charge is -2.11. The van der Waals surface area contributed by atoms with Crippen LogP contribution >= 0.6 is 39.1 Å². The third-order valence-electron chi connectivity index (χ3n) is 2.83. The summed E-state index contributed by atoms with van der Waals surface area (Å²) in [7, 11) is 0. The topological polar surface area (TPSA) is 55.1 Å². The SMILES string of the molecule is Cc1cc(Cl)c(NC(=O)c2cc(N)c(F)cc2Br)cc1Cl. The second-order valence-electron chi connectivity index (χ2n) is 4.39. The van der Waals surface area contributed by atoms with Crippen LogP contribution in [0.15, 0.2) is 28.7 Å². The lowest BCUT2D eigenvalue weighted by Crippen LogP contribution is -2.14. The van der Waals surface area contributed by atoms with Gasteiger partial charge in [0.1, 0.15) is 5.82 Å². The minimum absolute atomic E-state index is 0.114. The van der Waals surface area contributed by atoms with Crippen LogP contribution in [-0.4, -0.2) is 5.91 Å². The minimum Gasteiger partial charge on any atom is -0.396 e. The van der Waals surface area contributed by atoms with Crippen molar-refractivity contribution < 1.29 is 9.18 Å². The Morgan fingerprint density at radius 2 is 1.90 bits per heavy atom. The number of carbonyl (C=O) groups is 1. The van der Waals surface area contributed by atoms with E-state index in [0.29, 0.717) is 20.2 Å². The molecule has 2 aromatic carbocycles. The van der Waals surface area contributed by atoms with Crippen LogP contribution in [0.1, 0.15) is 15.9 Å². The van der Waals surface area contributed by atoms with E-state index in [-0.39, 0.29) is 11.3 Å². The van der Waals surface area contributed by atoms with Gasteiger partial charge in [-0.15, -0.1) is 0 Å². The Kier molecular flexibility index (Phi) is 4.76. The molecule has 0 saturated heterocycles. The molecule has 21 heavy (non-hydrogen) atoms. The number of benzene rings is 2. The number of nitrogen functional groups attached to an aromatic ring is 1. The number of aryl methyl sites for hydroxylation is 1. The normalized spacial score (nSPS) is 10.5. The van der Waals surface area contributed by atoms with Crippen LogP contribution in [0.3, 0.4) is 0 Å². The van der Waals surface area contributed by atoms with Crippen molar-refractivity contribution >= 4 is 56.4 Å². The third-order valence-corrected chi connectivity index (χ3v) is 4.20. The average Bonchev–Trinajstić information content (AvgIpc) is 2.40. The molecule has 7 heteroatoms. The molecular formula is C14H10BrCl2FN2O. The van der Waals surface area contributed by atoms with Gasteiger partial charge in [-0.1, -0.05) is 23.2 Å². The summed E-state index contributed by atoms with van der Waals surface area (Å²) in [5.74, 6) is -1.08. The molecule has 3 N–H and O–H groups in total. The molecule has 0 bridgehead atoms. The molecule has 0 spiro atoms. The number of anilines is 2. The largest absolute Gasteiger partial charge is 0.396 e. The number of amides is 1. The highest BCUT2D eigenvalue weighted by molar-refractivity contribution is 9.10. The molecule has 2 rings (SSSR count). The average molecular weight is 392 g/mol. The monoisotopic (exact) mass is 390 g/mol. The van der Waals surface area contributed by atoms with E-state index in [2.05, 4.69) is 21.2 Å². The van der Waals surface area contributed by atoms with Gasteiger partial charge in [-0.05, 0) is 52.7 Å². The van der Waals surface area contributed by atoms with Gasteiger partial charge in [0.25, 0.3) is 5.91 Å². The van der Waals surface area contributed by atoms with E-state index in [9.17, 15) is 9.18 Å². The molecule has 1 amide bonds. The van der Waals surface area contributed by atoms with Crippen molar-refractivity contribution in [2.45, 2.75) is 6.92 Å². The van der Waals surface area contributed by atoms with Crippen LogP contribution in [-0.2, 0) is 0 Å². The van der Waals surface area contributed by atoms with E-state index in [1.165, 1.54) is 6.07 Å². The maximum atomic E-state index is 13.3. The number of rotatable bonds is 2. The first-order valence-electron chi connectivity index (χ1n) is 5.81. The highest BCUT2D eigenvalue weighted by Crippen LogP contribution is 2.30. The van der Waals surface area contributed by atoms with Gasteiger partial charge in [0.15, 0.2) is 0 Å². The molecule has 0 aromatic heterocycles. The fourth-order valence-corrected chi connectivity index (χ4v) is 2.60. The number of nitrogens with one attached hydrogen (secondary N) is 1. The second-order valence-corrected chi connectivity index (χ2v) is 6.06. The van der Waals surface area contributed by atoms with Gasteiger partial charge >= 0.3 is 0 Å². The summed E-state index contributed by atoms with van der Waals surface area (Å²) < 4.78 is 13.6. The quantitative estimate of drug-likeness (QED) is 0.704. The zero-order valence-electron chi connectivity index (χ0n) is 10.8. The van der Waals surface area contributed by atoms with Gasteiger partial charge in [-0.3, -0.25) is 4.79 Å². The Balaban J connectivity index is 2.35. The van der Waals surface area contributed by atoms with E-state index in [1.807, 2.05) is 0 Å². The summed E-state index contributed by atoms with van der Waals surface area (Å²) in [6.45, 7) is 1.80. The molecule has 110 valence electrons.